The second-order valence-electron chi connectivity index (χ2n) is 6.07. The van der Waals surface area contributed by atoms with Gasteiger partial charge in [0.2, 0.25) is 0 Å². The number of nitrogens with zero attached hydrogens (tertiary/aromatic N) is 1. The second kappa shape index (κ2) is 5.28. The number of nitrogens with one attached hydrogen (secondary N) is 1. The van der Waals surface area contributed by atoms with Gasteiger partial charge in [0.1, 0.15) is 18.0 Å². The number of rotatable bonds is 2. The van der Waals surface area contributed by atoms with Crippen molar-refractivity contribution in [3.05, 3.63) is 29.6 Å². The van der Waals surface area contributed by atoms with Crippen LogP contribution in [0.2, 0.25) is 0 Å². The fraction of sp³-hybridized carbons (Fsp3) is 0.357. The summed E-state index contributed by atoms with van der Waals surface area (Å²) < 4.78 is 40.4. The molecule has 1 saturated heterocycles. The van der Waals surface area contributed by atoms with Crippen molar-refractivity contribution in [2.45, 2.75) is 20.8 Å². The van der Waals surface area contributed by atoms with Gasteiger partial charge in [0.15, 0.2) is 5.82 Å². The summed E-state index contributed by atoms with van der Waals surface area (Å²) in [4.78, 5) is 11.3. The van der Waals surface area contributed by atoms with Gasteiger partial charge in [0.25, 0.3) is 5.91 Å². The molecule has 0 aromatic heterocycles. The molecule has 120 valence electrons. The van der Waals surface area contributed by atoms with Crippen molar-refractivity contribution in [1.29, 1.82) is 0 Å². The maximum Gasteiger partial charge on any atom is 0.326 e. The van der Waals surface area contributed by atoms with Crippen LogP contribution in [0.15, 0.2) is 18.2 Å². The number of anilines is 1. The van der Waals surface area contributed by atoms with E-state index >= 15 is 0 Å². The highest BCUT2D eigenvalue weighted by Gasteiger charge is 2.37. The Morgan fingerprint density at radius 2 is 2.00 bits per heavy atom. The summed E-state index contributed by atoms with van der Waals surface area (Å²) >= 11 is 0. The molecule has 1 aromatic rings. The molecule has 2 N–H and O–H groups in total. The molecular formula is C14H17FN2O4S. The summed E-state index contributed by atoms with van der Waals surface area (Å²) in [5.74, 6) is -2.24. The van der Waals surface area contributed by atoms with Gasteiger partial charge in [-0.15, -0.1) is 0 Å². The molecule has 1 fully saturated rings. The van der Waals surface area contributed by atoms with Crippen molar-refractivity contribution in [3.8, 4) is 5.75 Å². The molecule has 22 heavy (non-hydrogen) atoms. The average Bonchev–Trinajstić information content (AvgIpc) is 2.60. The van der Waals surface area contributed by atoms with Gasteiger partial charge in [0.05, 0.1) is 0 Å². The van der Waals surface area contributed by atoms with E-state index in [0.717, 1.165) is 0 Å². The quantitative estimate of drug-likeness (QED) is 0.866. The van der Waals surface area contributed by atoms with Crippen LogP contribution in [0.4, 0.5) is 10.1 Å². The molecule has 0 spiro atoms. The summed E-state index contributed by atoms with van der Waals surface area (Å²) in [5.41, 5.74) is -0.603. The molecule has 0 radical (unpaired) electrons. The van der Waals surface area contributed by atoms with Crippen LogP contribution in [0.3, 0.4) is 0 Å². The van der Waals surface area contributed by atoms with Crippen LogP contribution in [0.5, 0.6) is 5.75 Å². The largest absolute Gasteiger partial charge is 0.506 e. The summed E-state index contributed by atoms with van der Waals surface area (Å²) in [6.45, 7) is 5.21. The van der Waals surface area contributed by atoms with E-state index in [4.69, 9.17) is 0 Å². The highest BCUT2D eigenvalue weighted by Crippen LogP contribution is 2.35. The van der Waals surface area contributed by atoms with Gasteiger partial charge < -0.3 is 5.11 Å². The lowest BCUT2D eigenvalue weighted by Crippen LogP contribution is -2.30. The third-order valence-electron chi connectivity index (χ3n) is 2.96. The predicted octanol–water partition coefficient (Wildman–Crippen LogP) is 1.77. The molecule has 0 aliphatic carbocycles. The molecular weight excluding hydrogens is 311 g/mol. The molecule has 6 nitrogen and oxygen atoms in total. The van der Waals surface area contributed by atoms with Crippen LogP contribution in [-0.2, 0) is 15.0 Å². The average molecular weight is 328 g/mol. The summed E-state index contributed by atoms with van der Waals surface area (Å²) in [6, 6.07) is 2.54. The Labute approximate surface area is 128 Å². The molecule has 1 aliphatic heterocycles. The number of amides is 1. The third-order valence-corrected chi connectivity index (χ3v) is 4.33. The van der Waals surface area contributed by atoms with Gasteiger partial charge in [-0.1, -0.05) is 32.9 Å². The van der Waals surface area contributed by atoms with Gasteiger partial charge >= 0.3 is 10.2 Å². The number of aromatic hydroxyl groups is 1. The summed E-state index contributed by atoms with van der Waals surface area (Å²) in [5, 5.41) is 9.81. The summed E-state index contributed by atoms with van der Waals surface area (Å²) in [6.07, 6.45) is 3.27. The number of carbonyl (C=O) groups is 1. The molecule has 1 aromatic carbocycles. The van der Waals surface area contributed by atoms with E-state index in [9.17, 15) is 22.7 Å². The van der Waals surface area contributed by atoms with E-state index in [-0.39, 0.29) is 11.0 Å². The summed E-state index contributed by atoms with van der Waals surface area (Å²) in [7, 11) is -4.18. The molecule has 0 atom stereocenters. The number of allylic oxidation sites excluding steroid dienone is 1. The molecule has 0 unspecified atom stereocenters. The number of phenols is 1. The first-order valence-electron chi connectivity index (χ1n) is 6.55. The first kappa shape index (κ1) is 16.3. The fourth-order valence-corrected chi connectivity index (χ4v) is 3.09. The Hall–Kier alpha value is -2.09. The van der Waals surface area contributed by atoms with Gasteiger partial charge in [0, 0.05) is 5.56 Å². The van der Waals surface area contributed by atoms with E-state index in [1.165, 1.54) is 18.2 Å². The number of hydrogen-bond acceptors (Lipinski definition) is 4. The maximum absolute atomic E-state index is 14.6. The molecule has 2 rings (SSSR count). The number of benzene rings is 1. The van der Waals surface area contributed by atoms with E-state index in [1.54, 1.807) is 10.8 Å². The minimum atomic E-state index is -4.18. The minimum absolute atomic E-state index is 0.122. The van der Waals surface area contributed by atoms with Crippen LogP contribution >= 0.6 is 0 Å². The number of halogens is 1. The number of phenolic OH excluding ortho intramolecular Hbond substituents is 1. The standard InChI is InChI=1S/C14H17FN2O4S/c1-14(2,3)7-6-9-4-5-10(18)13(12(9)15)17-8-11(19)16-22(17,20)21/h4-7,18H,8H2,1-3H3,(H,16,19)/b7-6+. The third kappa shape index (κ3) is 3.22. The van der Waals surface area contributed by atoms with E-state index < -0.39 is 39.9 Å². The van der Waals surface area contributed by atoms with Gasteiger partial charge in [-0.2, -0.15) is 8.42 Å². The van der Waals surface area contributed by atoms with Crippen LogP contribution < -0.4 is 9.03 Å². The highest BCUT2D eigenvalue weighted by atomic mass is 32.2. The van der Waals surface area contributed by atoms with E-state index in [0.29, 0.717) is 4.31 Å². The lowest BCUT2D eigenvalue weighted by Gasteiger charge is -2.18. The lowest BCUT2D eigenvalue weighted by atomic mass is 9.95. The molecule has 0 saturated carbocycles. The zero-order valence-corrected chi connectivity index (χ0v) is 13.2. The van der Waals surface area contributed by atoms with Crippen LogP contribution in [0.25, 0.3) is 6.08 Å². The molecule has 8 heteroatoms. The number of hydrogen-bond donors (Lipinski definition) is 2. The fourth-order valence-electron chi connectivity index (χ4n) is 1.92. The smallest absolute Gasteiger partial charge is 0.326 e. The van der Waals surface area contributed by atoms with Gasteiger partial charge in [-0.05, 0) is 17.5 Å². The lowest BCUT2D eigenvalue weighted by molar-refractivity contribution is -0.117. The number of carbonyl (C=O) groups excluding carboxylic acids is 1. The molecule has 0 bridgehead atoms. The van der Waals surface area contributed by atoms with Crippen molar-refractivity contribution in [2.75, 3.05) is 10.8 Å². The minimum Gasteiger partial charge on any atom is -0.506 e. The monoisotopic (exact) mass is 328 g/mol. The Morgan fingerprint density at radius 1 is 1.36 bits per heavy atom. The van der Waals surface area contributed by atoms with Crippen molar-refractivity contribution in [3.63, 3.8) is 0 Å². The van der Waals surface area contributed by atoms with Crippen molar-refractivity contribution >= 4 is 27.9 Å². The van der Waals surface area contributed by atoms with Crippen LogP contribution in [0.1, 0.15) is 26.3 Å². The highest BCUT2D eigenvalue weighted by molar-refractivity contribution is 7.92. The maximum atomic E-state index is 14.6. The predicted molar refractivity (Wildman–Crippen MR) is 81.0 cm³/mol. The van der Waals surface area contributed by atoms with Gasteiger partial charge in [-0.25, -0.2) is 13.4 Å². The van der Waals surface area contributed by atoms with Crippen molar-refractivity contribution in [2.24, 2.45) is 5.41 Å². The SMILES string of the molecule is CC(C)(C)/C=C/c1ccc(O)c(N2CC(=O)NS2(=O)=O)c1F. The first-order valence-corrected chi connectivity index (χ1v) is 7.99. The van der Waals surface area contributed by atoms with E-state index in [2.05, 4.69) is 0 Å². The second-order valence-corrected chi connectivity index (χ2v) is 7.67. The van der Waals surface area contributed by atoms with Crippen LogP contribution in [0, 0.1) is 11.2 Å². The molecule has 1 amide bonds. The van der Waals surface area contributed by atoms with Gasteiger partial charge in [-0.3, -0.25) is 4.79 Å². The van der Waals surface area contributed by atoms with Crippen molar-refractivity contribution < 1.29 is 22.7 Å². The Morgan fingerprint density at radius 3 is 2.50 bits per heavy atom. The van der Waals surface area contributed by atoms with E-state index in [1.807, 2.05) is 20.8 Å². The Balaban J connectivity index is 2.54. The molecule has 1 heterocycles. The zero-order valence-electron chi connectivity index (χ0n) is 12.4. The zero-order chi connectivity index (χ0) is 16.7. The molecule has 1 aliphatic rings. The Kier molecular flexibility index (Phi) is 3.90. The topological polar surface area (TPSA) is 86.7 Å². The first-order chi connectivity index (χ1) is 10.0. The van der Waals surface area contributed by atoms with Crippen LogP contribution in [-0.4, -0.2) is 26.0 Å². The Bertz CT molecular complexity index is 751. The van der Waals surface area contributed by atoms with Crippen molar-refractivity contribution in [1.82, 2.24) is 4.72 Å². The normalized spacial score (nSPS) is 18.0.